The van der Waals surface area contributed by atoms with Gasteiger partial charge in [0, 0.05) is 30.9 Å². The topological polar surface area (TPSA) is 87.7 Å². The van der Waals surface area contributed by atoms with Crippen molar-refractivity contribution in [3.8, 4) is 5.75 Å². The first kappa shape index (κ1) is 25.5. The molecule has 1 atom stereocenters. The van der Waals surface area contributed by atoms with E-state index in [1.807, 2.05) is 31.2 Å². The lowest BCUT2D eigenvalue weighted by Gasteiger charge is -2.17. The van der Waals surface area contributed by atoms with Crippen molar-refractivity contribution >= 4 is 52.3 Å². The molecule has 1 aliphatic heterocycles. The first-order chi connectivity index (χ1) is 17.3. The van der Waals surface area contributed by atoms with E-state index in [-0.39, 0.29) is 30.7 Å². The number of anilines is 2. The number of hydrogen-bond acceptors (Lipinski definition) is 4. The molecule has 186 valence electrons. The van der Waals surface area contributed by atoms with Gasteiger partial charge in [-0.25, -0.2) is 0 Å². The first-order valence-corrected chi connectivity index (χ1v) is 12.2. The van der Waals surface area contributed by atoms with Crippen LogP contribution in [0.25, 0.3) is 0 Å². The Hall–Kier alpha value is -3.55. The molecule has 3 amide bonds. The highest BCUT2D eigenvalue weighted by atomic mass is 35.5. The Kier molecular flexibility index (Phi) is 8.13. The number of benzene rings is 3. The van der Waals surface area contributed by atoms with Crippen LogP contribution in [0.15, 0.2) is 66.7 Å². The Morgan fingerprint density at radius 1 is 1.03 bits per heavy atom. The van der Waals surface area contributed by atoms with Crippen molar-refractivity contribution in [1.29, 1.82) is 0 Å². The van der Waals surface area contributed by atoms with Gasteiger partial charge < -0.3 is 20.3 Å². The smallest absolute Gasteiger partial charge is 0.262 e. The second kappa shape index (κ2) is 11.5. The Balaban J connectivity index is 1.27. The summed E-state index contributed by atoms with van der Waals surface area (Å²) in [4.78, 5) is 39.0. The van der Waals surface area contributed by atoms with Crippen molar-refractivity contribution in [2.75, 3.05) is 23.4 Å². The molecule has 9 heteroatoms. The lowest BCUT2D eigenvalue weighted by Crippen LogP contribution is -2.32. The van der Waals surface area contributed by atoms with Gasteiger partial charge in [-0.2, -0.15) is 0 Å². The fraction of sp³-hybridized carbons (Fsp3) is 0.222. The van der Waals surface area contributed by atoms with Crippen molar-refractivity contribution in [2.24, 2.45) is 5.92 Å². The van der Waals surface area contributed by atoms with Gasteiger partial charge in [0.1, 0.15) is 5.75 Å². The molecule has 0 unspecified atom stereocenters. The molecule has 7 nitrogen and oxygen atoms in total. The van der Waals surface area contributed by atoms with E-state index < -0.39 is 5.92 Å². The van der Waals surface area contributed by atoms with Gasteiger partial charge >= 0.3 is 0 Å². The van der Waals surface area contributed by atoms with E-state index in [9.17, 15) is 14.4 Å². The van der Waals surface area contributed by atoms with Gasteiger partial charge in [0.25, 0.3) is 5.91 Å². The largest absolute Gasteiger partial charge is 0.484 e. The second-order valence-electron chi connectivity index (χ2n) is 8.51. The maximum atomic E-state index is 12.7. The number of carbonyl (C=O) groups is 3. The third-order valence-corrected chi connectivity index (χ3v) is 6.67. The average molecular weight is 526 g/mol. The van der Waals surface area contributed by atoms with Gasteiger partial charge in [-0.05, 0) is 60.5 Å². The minimum atomic E-state index is -0.414. The van der Waals surface area contributed by atoms with Crippen molar-refractivity contribution in [3.63, 3.8) is 0 Å². The van der Waals surface area contributed by atoms with Gasteiger partial charge in [-0.1, -0.05) is 47.5 Å². The van der Waals surface area contributed by atoms with Crippen LogP contribution in [0.2, 0.25) is 10.0 Å². The third-order valence-electron chi connectivity index (χ3n) is 5.93. The molecule has 1 heterocycles. The van der Waals surface area contributed by atoms with E-state index >= 15 is 0 Å². The molecule has 1 fully saturated rings. The summed E-state index contributed by atoms with van der Waals surface area (Å²) in [7, 11) is 0. The van der Waals surface area contributed by atoms with Crippen LogP contribution < -0.4 is 20.3 Å². The monoisotopic (exact) mass is 525 g/mol. The SMILES string of the molecule is Cc1ccccc1CNC(=O)[C@@H]1CC(=O)N(c2ccc(OCC(=O)Nc3ccc(Cl)c(Cl)c3)cc2)C1. The van der Waals surface area contributed by atoms with Gasteiger partial charge in [0.05, 0.1) is 16.0 Å². The normalized spacial score (nSPS) is 15.0. The molecule has 2 N–H and O–H groups in total. The molecule has 0 saturated carbocycles. The average Bonchev–Trinajstić information content (AvgIpc) is 3.26. The van der Waals surface area contributed by atoms with Crippen LogP contribution in [0.1, 0.15) is 17.5 Å². The molecule has 3 aromatic rings. The summed E-state index contributed by atoms with van der Waals surface area (Å²) in [5.74, 6) is -0.542. The van der Waals surface area contributed by atoms with Crippen molar-refractivity contribution in [3.05, 3.63) is 87.9 Å². The fourth-order valence-corrected chi connectivity index (χ4v) is 4.21. The Morgan fingerprint density at radius 2 is 1.78 bits per heavy atom. The highest BCUT2D eigenvalue weighted by Crippen LogP contribution is 2.28. The van der Waals surface area contributed by atoms with E-state index in [1.165, 1.54) is 0 Å². The number of nitrogens with one attached hydrogen (secondary N) is 2. The number of aryl methyl sites for hydroxylation is 1. The summed E-state index contributed by atoms with van der Waals surface area (Å²) in [6, 6.07) is 19.5. The fourth-order valence-electron chi connectivity index (χ4n) is 3.91. The first-order valence-electron chi connectivity index (χ1n) is 11.4. The summed E-state index contributed by atoms with van der Waals surface area (Å²) in [5.41, 5.74) is 3.34. The minimum absolute atomic E-state index is 0.110. The number of hydrogen-bond donors (Lipinski definition) is 2. The number of amides is 3. The van der Waals surface area contributed by atoms with Crippen LogP contribution in [0, 0.1) is 12.8 Å². The minimum Gasteiger partial charge on any atom is -0.484 e. The standard InChI is InChI=1S/C27H25Cl2N3O4/c1-17-4-2-3-5-18(17)14-30-27(35)19-12-26(34)32(15-19)21-7-9-22(10-8-21)36-16-25(33)31-20-6-11-23(28)24(29)13-20/h2-11,13,19H,12,14-16H2,1H3,(H,30,35)(H,31,33)/t19-/m1/s1. The van der Waals surface area contributed by atoms with Crippen molar-refractivity contribution in [2.45, 2.75) is 19.9 Å². The molecule has 36 heavy (non-hydrogen) atoms. The van der Waals surface area contributed by atoms with Crippen LogP contribution in [-0.4, -0.2) is 30.9 Å². The predicted molar refractivity (Wildman–Crippen MR) is 141 cm³/mol. The lowest BCUT2D eigenvalue weighted by molar-refractivity contribution is -0.126. The summed E-state index contributed by atoms with van der Waals surface area (Å²) >= 11 is 11.8. The summed E-state index contributed by atoms with van der Waals surface area (Å²) in [6.45, 7) is 2.54. The Labute approximate surface area is 219 Å². The third kappa shape index (κ3) is 6.36. The molecule has 0 aliphatic carbocycles. The van der Waals surface area contributed by atoms with E-state index in [1.54, 1.807) is 47.4 Å². The predicted octanol–water partition coefficient (Wildman–Crippen LogP) is 4.99. The molecular formula is C27H25Cl2N3O4. The van der Waals surface area contributed by atoms with Gasteiger partial charge in [0.2, 0.25) is 11.8 Å². The lowest BCUT2D eigenvalue weighted by atomic mass is 10.1. The van der Waals surface area contributed by atoms with E-state index in [4.69, 9.17) is 27.9 Å². The van der Waals surface area contributed by atoms with Crippen LogP contribution >= 0.6 is 23.2 Å². The zero-order chi connectivity index (χ0) is 25.7. The summed E-state index contributed by atoms with van der Waals surface area (Å²) in [6.07, 6.45) is 0.159. The van der Waals surface area contributed by atoms with E-state index in [0.717, 1.165) is 11.1 Å². The molecule has 0 aromatic heterocycles. The number of carbonyl (C=O) groups excluding carboxylic acids is 3. The highest BCUT2D eigenvalue weighted by Gasteiger charge is 2.35. The quantitative estimate of drug-likeness (QED) is 0.433. The molecule has 0 radical (unpaired) electrons. The Morgan fingerprint density at radius 3 is 2.50 bits per heavy atom. The van der Waals surface area contributed by atoms with Crippen LogP contribution in [0.4, 0.5) is 11.4 Å². The highest BCUT2D eigenvalue weighted by molar-refractivity contribution is 6.42. The van der Waals surface area contributed by atoms with Gasteiger partial charge in [0.15, 0.2) is 6.61 Å². The molecule has 0 spiro atoms. The zero-order valence-electron chi connectivity index (χ0n) is 19.6. The molecule has 1 aliphatic rings. The van der Waals surface area contributed by atoms with Gasteiger partial charge in [-0.3, -0.25) is 14.4 Å². The molecule has 0 bridgehead atoms. The maximum Gasteiger partial charge on any atom is 0.262 e. The molecule has 4 rings (SSSR count). The summed E-state index contributed by atoms with van der Waals surface area (Å²) in [5, 5.41) is 6.37. The van der Waals surface area contributed by atoms with Crippen LogP contribution in [-0.2, 0) is 20.9 Å². The van der Waals surface area contributed by atoms with Crippen LogP contribution in [0.3, 0.4) is 0 Å². The molecule has 3 aromatic carbocycles. The number of rotatable bonds is 8. The number of nitrogens with zero attached hydrogens (tertiary/aromatic N) is 1. The molecule has 1 saturated heterocycles. The van der Waals surface area contributed by atoms with Crippen molar-refractivity contribution < 1.29 is 19.1 Å². The van der Waals surface area contributed by atoms with Crippen molar-refractivity contribution in [1.82, 2.24) is 5.32 Å². The molecular weight excluding hydrogens is 501 g/mol. The number of halogens is 2. The number of ether oxygens (including phenoxy) is 1. The van der Waals surface area contributed by atoms with Crippen LogP contribution in [0.5, 0.6) is 5.75 Å². The van der Waals surface area contributed by atoms with E-state index in [0.29, 0.717) is 40.3 Å². The Bertz CT molecular complexity index is 1280. The van der Waals surface area contributed by atoms with Gasteiger partial charge in [-0.15, -0.1) is 0 Å². The second-order valence-corrected chi connectivity index (χ2v) is 9.32. The van der Waals surface area contributed by atoms with E-state index in [2.05, 4.69) is 10.6 Å². The summed E-state index contributed by atoms with van der Waals surface area (Å²) < 4.78 is 5.54. The maximum absolute atomic E-state index is 12.7. The zero-order valence-corrected chi connectivity index (χ0v) is 21.1.